The molecule has 0 aliphatic heterocycles. The summed E-state index contributed by atoms with van der Waals surface area (Å²) in [6.45, 7) is 6.16. The molecule has 0 saturated heterocycles. The van der Waals surface area contributed by atoms with Gasteiger partial charge in [0.25, 0.3) is 0 Å². The van der Waals surface area contributed by atoms with Crippen LogP contribution >= 0.6 is 0 Å². The highest BCUT2D eigenvalue weighted by Gasteiger charge is 2.24. The second-order valence-electron chi connectivity index (χ2n) is 7.37. The maximum atomic E-state index is 12.0. The summed E-state index contributed by atoms with van der Waals surface area (Å²) in [5.74, 6) is -2.00. The molecular formula is C26H26O4. The Balaban J connectivity index is 2.51. The van der Waals surface area contributed by atoms with Gasteiger partial charge in [0.1, 0.15) is 0 Å². The molecule has 0 spiro atoms. The van der Waals surface area contributed by atoms with Crippen LogP contribution in [0, 0.1) is 6.92 Å². The maximum Gasteiger partial charge on any atom is 0.336 e. The lowest BCUT2D eigenvalue weighted by Crippen LogP contribution is -2.07. The van der Waals surface area contributed by atoms with Crippen LogP contribution in [0.2, 0.25) is 0 Å². The lowest BCUT2D eigenvalue weighted by atomic mass is 9.81. The van der Waals surface area contributed by atoms with Crippen molar-refractivity contribution in [2.24, 2.45) is 0 Å². The van der Waals surface area contributed by atoms with Gasteiger partial charge in [-0.3, -0.25) is 0 Å². The Kier molecular flexibility index (Phi) is 6.36. The maximum absolute atomic E-state index is 12.0. The van der Waals surface area contributed by atoms with E-state index in [4.69, 9.17) is 0 Å². The van der Waals surface area contributed by atoms with Gasteiger partial charge in [-0.1, -0.05) is 62.7 Å². The third kappa shape index (κ3) is 3.86. The molecule has 4 heteroatoms. The molecule has 0 heterocycles. The van der Waals surface area contributed by atoms with E-state index in [1.54, 1.807) is 24.3 Å². The summed E-state index contributed by atoms with van der Waals surface area (Å²) in [6, 6.07) is 16.0. The van der Waals surface area contributed by atoms with Crippen molar-refractivity contribution in [1.29, 1.82) is 0 Å². The minimum Gasteiger partial charge on any atom is -0.478 e. The lowest BCUT2D eigenvalue weighted by Gasteiger charge is -2.23. The van der Waals surface area contributed by atoms with Crippen molar-refractivity contribution >= 4 is 11.9 Å². The largest absolute Gasteiger partial charge is 0.478 e. The molecule has 154 valence electrons. The van der Waals surface area contributed by atoms with Crippen LogP contribution in [0.5, 0.6) is 0 Å². The standard InChI is InChI=1S/C26H26O4/c1-4-10-18-15-17(5-2)24(20-12-7-9-14-22(20)26(29)30)23(16(18)3)19-11-6-8-13-21(19)25(27)28/h6-9,11-15H,4-5,10H2,1-3H3,(H,27,28)(H,29,30). The van der Waals surface area contributed by atoms with E-state index < -0.39 is 11.9 Å². The van der Waals surface area contributed by atoms with Crippen molar-refractivity contribution in [3.8, 4) is 22.3 Å². The van der Waals surface area contributed by atoms with E-state index in [2.05, 4.69) is 13.0 Å². The van der Waals surface area contributed by atoms with E-state index in [0.29, 0.717) is 17.5 Å². The number of aryl methyl sites for hydroxylation is 2. The van der Waals surface area contributed by atoms with E-state index in [-0.39, 0.29) is 11.1 Å². The van der Waals surface area contributed by atoms with Crippen LogP contribution in [0.25, 0.3) is 22.3 Å². The van der Waals surface area contributed by atoms with E-state index in [9.17, 15) is 19.8 Å². The Morgan fingerprint density at radius 2 is 1.27 bits per heavy atom. The molecule has 0 bridgehead atoms. The van der Waals surface area contributed by atoms with Gasteiger partial charge in [-0.2, -0.15) is 0 Å². The van der Waals surface area contributed by atoms with Gasteiger partial charge in [0, 0.05) is 0 Å². The van der Waals surface area contributed by atoms with Crippen LogP contribution in [0.15, 0.2) is 54.6 Å². The second-order valence-corrected chi connectivity index (χ2v) is 7.37. The molecule has 3 aromatic carbocycles. The fraction of sp³-hybridized carbons (Fsp3) is 0.231. The zero-order chi connectivity index (χ0) is 21.8. The third-order valence-corrected chi connectivity index (χ3v) is 5.53. The van der Waals surface area contributed by atoms with Gasteiger partial charge in [-0.15, -0.1) is 0 Å². The van der Waals surface area contributed by atoms with Gasteiger partial charge >= 0.3 is 11.9 Å². The fourth-order valence-corrected chi connectivity index (χ4v) is 4.13. The highest BCUT2D eigenvalue weighted by atomic mass is 16.4. The molecule has 0 unspecified atom stereocenters. The Bertz CT molecular complexity index is 1110. The molecule has 0 atom stereocenters. The molecular weight excluding hydrogens is 376 g/mol. The van der Waals surface area contributed by atoms with E-state index in [1.807, 2.05) is 38.1 Å². The minimum atomic E-state index is -1.000. The Morgan fingerprint density at radius 3 is 1.73 bits per heavy atom. The van der Waals surface area contributed by atoms with E-state index in [0.717, 1.165) is 35.1 Å². The van der Waals surface area contributed by atoms with Gasteiger partial charge in [0.15, 0.2) is 0 Å². The summed E-state index contributed by atoms with van der Waals surface area (Å²) in [4.78, 5) is 24.0. The van der Waals surface area contributed by atoms with Crippen LogP contribution in [0.4, 0.5) is 0 Å². The molecule has 4 nitrogen and oxygen atoms in total. The minimum absolute atomic E-state index is 0.212. The number of carboxylic acids is 2. The first-order valence-electron chi connectivity index (χ1n) is 10.2. The molecule has 30 heavy (non-hydrogen) atoms. The molecule has 0 radical (unpaired) electrons. The number of hydrogen-bond acceptors (Lipinski definition) is 2. The smallest absolute Gasteiger partial charge is 0.336 e. The van der Waals surface area contributed by atoms with E-state index >= 15 is 0 Å². The summed E-state index contributed by atoms with van der Waals surface area (Å²) in [6.07, 6.45) is 2.56. The predicted molar refractivity (Wildman–Crippen MR) is 119 cm³/mol. The molecule has 0 fully saturated rings. The highest BCUT2D eigenvalue weighted by Crippen LogP contribution is 2.42. The molecule has 3 aromatic rings. The summed E-state index contributed by atoms with van der Waals surface area (Å²) in [5.41, 5.74) is 6.46. The average Bonchev–Trinajstić information content (AvgIpc) is 2.74. The van der Waals surface area contributed by atoms with E-state index in [1.165, 1.54) is 5.56 Å². The molecule has 0 saturated carbocycles. The summed E-state index contributed by atoms with van der Waals surface area (Å²) < 4.78 is 0. The van der Waals surface area contributed by atoms with Gasteiger partial charge < -0.3 is 10.2 Å². The molecule has 0 aliphatic rings. The fourth-order valence-electron chi connectivity index (χ4n) is 4.13. The van der Waals surface area contributed by atoms with Gasteiger partial charge in [-0.25, -0.2) is 9.59 Å². The topological polar surface area (TPSA) is 74.6 Å². The van der Waals surface area contributed by atoms with Crippen molar-refractivity contribution in [3.63, 3.8) is 0 Å². The van der Waals surface area contributed by atoms with Crippen LogP contribution in [-0.4, -0.2) is 22.2 Å². The number of aromatic carboxylic acids is 2. The van der Waals surface area contributed by atoms with Gasteiger partial charge in [0.2, 0.25) is 0 Å². The molecule has 0 aliphatic carbocycles. The van der Waals surface area contributed by atoms with Crippen molar-refractivity contribution in [2.75, 3.05) is 0 Å². The lowest BCUT2D eigenvalue weighted by molar-refractivity contribution is 0.0686. The van der Waals surface area contributed by atoms with Crippen LogP contribution in [0.3, 0.4) is 0 Å². The normalized spacial score (nSPS) is 10.8. The van der Waals surface area contributed by atoms with Gasteiger partial charge in [0.05, 0.1) is 11.1 Å². The Hall–Kier alpha value is -3.40. The quantitative estimate of drug-likeness (QED) is 0.490. The summed E-state index contributed by atoms with van der Waals surface area (Å²) in [5, 5.41) is 19.6. The molecule has 0 amide bonds. The number of hydrogen-bond donors (Lipinski definition) is 2. The molecule has 3 rings (SSSR count). The van der Waals surface area contributed by atoms with Gasteiger partial charge in [-0.05, 0) is 70.8 Å². The Labute approximate surface area is 176 Å². The highest BCUT2D eigenvalue weighted by molar-refractivity contribution is 6.04. The zero-order valence-electron chi connectivity index (χ0n) is 17.5. The first-order valence-corrected chi connectivity index (χ1v) is 10.2. The van der Waals surface area contributed by atoms with Crippen LogP contribution in [-0.2, 0) is 12.8 Å². The van der Waals surface area contributed by atoms with Crippen molar-refractivity contribution < 1.29 is 19.8 Å². The van der Waals surface area contributed by atoms with Crippen molar-refractivity contribution in [3.05, 3.63) is 82.4 Å². The van der Waals surface area contributed by atoms with Crippen molar-refractivity contribution in [2.45, 2.75) is 40.0 Å². The number of benzene rings is 3. The predicted octanol–water partition coefficient (Wildman–Crippen LogP) is 6.24. The Morgan fingerprint density at radius 1 is 0.767 bits per heavy atom. The second kappa shape index (κ2) is 8.95. The third-order valence-electron chi connectivity index (χ3n) is 5.53. The molecule has 0 aromatic heterocycles. The van der Waals surface area contributed by atoms with Crippen molar-refractivity contribution in [1.82, 2.24) is 0 Å². The number of carboxylic acid groups (broad SMARTS) is 2. The monoisotopic (exact) mass is 402 g/mol. The first-order chi connectivity index (χ1) is 14.4. The van der Waals surface area contributed by atoms with Crippen LogP contribution < -0.4 is 0 Å². The number of carbonyl (C=O) groups is 2. The summed E-state index contributed by atoms with van der Waals surface area (Å²) in [7, 11) is 0. The first kappa shape index (κ1) is 21.3. The SMILES string of the molecule is CCCc1cc(CC)c(-c2ccccc2C(=O)O)c(-c2ccccc2C(=O)O)c1C. The summed E-state index contributed by atoms with van der Waals surface area (Å²) >= 11 is 0. The van der Waals surface area contributed by atoms with Crippen LogP contribution in [0.1, 0.15) is 57.7 Å². The molecule has 2 N–H and O–H groups in total. The average molecular weight is 402 g/mol. The number of rotatable bonds is 7. The zero-order valence-corrected chi connectivity index (χ0v) is 17.5.